The maximum atomic E-state index is 11.4. The van der Waals surface area contributed by atoms with Crippen molar-refractivity contribution in [1.82, 2.24) is 0 Å². The molecule has 0 heterocycles. The summed E-state index contributed by atoms with van der Waals surface area (Å²) in [6.45, 7) is 5.49. The molecule has 0 rings (SSSR count). The van der Waals surface area contributed by atoms with Crippen molar-refractivity contribution in [2.24, 2.45) is 4.99 Å². The second-order valence-electron chi connectivity index (χ2n) is 3.07. The van der Waals surface area contributed by atoms with Gasteiger partial charge in [0.1, 0.15) is 5.70 Å². The standard InChI is InChI=1S/C12H18N2O2/c1-5-7-11(12(15)16-4)14-9(3)10(6-2)8-13/h6-8,13H,5H2,1-4H3/b10-6-,11-7+,13-8?,14-9+. The van der Waals surface area contributed by atoms with Gasteiger partial charge in [-0.1, -0.05) is 19.1 Å². The fourth-order valence-electron chi connectivity index (χ4n) is 1.11. The summed E-state index contributed by atoms with van der Waals surface area (Å²) in [5, 5.41) is 7.18. The minimum atomic E-state index is -0.457. The topological polar surface area (TPSA) is 62.5 Å². The molecular weight excluding hydrogens is 204 g/mol. The Hall–Kier alpha value is -1.71. The molecule has 0 aliphatic heterocycles. The number of carbonyl (C=O) groups is 1. The van der Waals surface area contributed by atoms with Gasteiger partial charge in [-0.2, -0.15) is 0 Å². The van der Waals surface area contributed by atoms with Crippen LogP contribution in [0.15, 0.2) is 28.4 Å². The van der Waals surface area contributed by atoms with Gasteiger partial charge in [-0.25, -0.2) is 9.79 Å². The number of aliphatic imine (C=N–C) groups is 1. The van der Waals surface area contributed by atoms with Crippen molar-refractivity contribution in [1.29, 1.82) is 5.41 Å². The lowest BCUT2D eigenvalue weighted by atomic mass is 10.2. The van der Waals surface area contributed by atoms with E-state index in [4.69, 9.17) is 5.41 Å². The molecule has 0 bridgehead atoms. The molecule has 0 aromatic heterocycles. The van der Waals surface area contributed by atoms with Crippen LogP contribution in [0, 0.1) is 5.41 Å². The van der Waals surface area contributed by atoms with E-state index < -0.39 is 5.97 Å². The highest BCUT2D eigenvalue weighted by atomic mass is 16.5. The molecule has 0 atom stereocenters. The molecule has 0 amide bonds. The number of nitrogens with zero attached hydrogens (tertiary/aromatic N) is 1. The molecule has 0 aromatic carbocycles. The van der Waals surface area contributed by atoms with Crippen molar-refractivity contribution in [3.05, 3.63) is 23.4 Å². The Morgan fingerprint density at radius 1 is 1.50 bits per heavy atom. The minimum absolute atomic E-state index is 0.281. The third kappa shape index (κ3) is 4.21. The molecule has 0 aliphatic carbocycles. The smallest absolute Gasteiger partial charge is 0.356 e. The van der Waals surface area contributed by atoms with Crippen molar-refractivity contribution in [2.75, 3.05) is 7.11 Å². The number of methoxy groups -OCH3 is 1. The molecule has 88 valence electrons. The predicted molar refractivity (Wildman–Crippen MR) is 66.0 cm³/mol. The lowest BCUT2D eigenvalue weighted by Gasteiger charge is -2.03. The molecule has 1 N–H and O–H groups in total. The Morgan fingerprint density at radius 2 is 2.12 bits per heavy atom. The number of hydrogen-bond acceptors (Lipinski definition) is 4. The summed E-state index contributed by atoms with van der Waals surface area (Å²) in [6.07, 6.45) is 5.38. The van der Waals surface area contributed by atoms with Gasteiger partial charge in [0.2, 0.25) is 0 Å². The number of ether oxygens (including phenoxy) is 1. The Bertz CT molecular complexity index is 352. The molecule has 16 heavy (non-hydrogen) atoms. The van der Waals surface area contributed by atoms with E-state index in [-0.39, 0.29) is 5.70 Å². The van der Waals surface area contributed by atoms with E-state index in [0.29, 0.717) is 17.7 Å². The highest BCUT2D eigenvalue weighted by Crippen LogP contribution is 2.05. The molecule has 0 spiro atoms. The van der Waals surface area contributed by atoms with Crippen LogP contribution >= 0.6 is 0 Å². The van der Waals surface area contributed by atoms with Gasteiger partial charge in [0.25, 0.3) is 0 Å². The van der Waals surface area contributed by atoms with Gasteiger partial charge in [-0.05, 0) is 20.3 Å². The van der Waals surface area contributed by atoms with Crippen LogP contribution in [0.3, 0.4) is 0 Å². The van der Waals surface area contributed by atoms with Crippen LogP contribution in [0.1, 0.15) is 27.2 Å². The number of rotatable bonds is 5. The van der Waals surface area contributed by atoms with Gasteiger partial charge in [-0.3, -0.25) is 0 Å². The van der Waals surface area contributed by atoms with Crippen molar-refractivity contribution in [2.45, 2.75) is 27.2 Å². The molecule has 0 aromatic rings. The van der Waals surface area contributed by atoms with E-state index in [1.54, 1.807) is 19.1 Å². The number of nitrogens with one attached hydrogen (secondary N) is 1. The van der Waals surface area contributed by atoms with Gasteiger partial charge in [0, 0.05) is 17.5 Å². The average molecular weight is 222 g/mol. The number of esters is 1. The molecule has 0 aliphatic rings. The first kappa shape index (κ1) is 14.3. The number of allylic oxidation sites excluding steroid dienone is 3. The van der Waals surface area contributed by atoms with Gasteiger partial charge in [0.15, 0.2) is 0 Å². The molecule has 0 fully saturated rings. The summed E-state index contributed by atoms with van der Waals surface area (Å²) in [6, 6.07) is 0. The maximum Gasteiger partial charge on any atom is 0.356 e. The van der Waals surface area contributed by atoms with Crippen molar-refractivity contribution in [3.63, 3.8) is 0 Å². The zero-order valence-electron chi connectivity index (χ0n) is 10.2. The van der Waals surface area contributed by atoms with Crippen LogP contribution in [0.5, 0.6) is 0 Å². The SMILES string of the molecule is C\C=C(C=N)/C(C)=N/C(=C/CC)C(=O)OC. The number of hydrogen-bond donors (Lipinski definition) is 1. The third-order valence-electron chi connectivity index (χ3n) is 1.96. The van der Waals surface area contributed by atoms with E-state index in [1.807, 2.05) is 13.8 Å². The fourth-order valence-corrected chi connectivity index (χ4v) is 1.11. The molecule has 0 saturated carbocycles. The number of carbonyl (C=O) groups excluding carboxylic acids is 1. The first-order valence-corrected chi connectivity index (χ1v) is 5.11. The zero-order chi connectivity index (χ0) is 12.6. The van der Waals surface area contributed by atoms with E-state index in [2.05, 4.69) is 9.73 Å². The monoisotopic (exact) mass is 222 g/mol. The highest BCUT2D eigenvalue weighted by molar-refractivity contribution is 6.15. The molecule has 4 heteroatoms. The zero-order valence-corrected chi connectivity index (χ0v) is 10.2. The lowest BCUT2D eigenvalue weighted by Crippen LogP contribution is -2.07. The first-order valence-electron chi connectivity index (χ1n) is 5.11. The van der Waals surface area contributed by atoms with Gasteiger partial charge in [-0.15, -0.1) is 0 Å². The van der Waals surface area contributed by atoms with Gasteiger partial charge in [0.05, 0.1) is 7.11 Å². The first-order chi connectivity index (χ1) is 7.60. The molecule has 4 nitrogen and oxygen atoms in total. The summed E-state index contributed by atoms with van der Waals surface area (Å²) in [7, 11) is 1.32. The molecule has 0 saturated heterocycles. The Kier molecular flexibility index (Phi) is 6.76. The predicted octanol–water partition coefficient (Wildman–Crippen LogP) is 2.51. The average Bonchev–Trinajstić information content (AvgIpc) is 2.29. The minimum Gasteiger partial charge on any atom is -0.464 e. The Balaban J connectivity index is 5.14. The van der Waals surface area contributed by atoms with E-state index in [1.165, 1.54) is 13.3 Å². The van der Waals surface area contributed by atoms with E-state index >= 15 is 0 Å². The molecular formula is C12H18N2O2. The van der Waals surface area contributed by atoms with Gasteiger partial charge < -0.3 is 10.1 Å². The highest BCUT2D eigenvalue weighted by Gasteiger charge is 2.08. The lowest BCUT2D eigenvalue weighted by molar-refractivity contribution is -0.136. The Morgan fingerprint density at radius 3 is 2.50 bits per heavy atom. The Labute approximate surface area is 96.2 Å². The van der Waals surface area contributed by atoms with Crippen LogP contribution < -0.4 is 0 Å². The summed E-state index contributed by atoms with van der Waals surface area (Å²) in [5.41, 5.74) is 1.59. The fraction of sp³-hybridized carbons (Fsp3) is 0.417. The van der Waals surface area contributed by atoms with Crippen LogP contribution in [0.25, 0.3) is 0 Å². The van der Waals surface area contributed by atoms with Crippen molar-refractivity contribution < 1.29 is 9.53 Å². The van der Waals surface area contributed by atoms with E-state index in [0.717, 1.165) is 0 Å². The summed E-state index contributed by atoms with van der Waals surface area (Å²) < 4.78 is 4.62. The second-order valence-corrected chi connectivity index (χ2v) is 3.07. The second kappa shape index (κ2) is 7.56. The van der Waals surface area contributed by atoms with E-state index in [9.17, 15) is 4.79 Å². The van der Waals surface area contributed by atoms with Crippen LogP contribution in [-0.4, -0.2) is 25.0 Å². The van der Waals surface area contributed by atoms with Crippen molar-refractivity contribution in [3.8, 4) is 0 Å². The summed E-state index contributed by atoms with van der Waals surface area (Å²) in [4.78, 5) is 15.5. The van der Waals surface area contributed by atoms with Crippen LogP contribution in [0.4, 0.5) is 0 Å². The van der Waals surface area contributed by atoms with Crippen LogP contribution in [0.2, 0.25) is 0 Å². The molecule has 0 unspecified atom stereocenters. The third-order valence-corrected chi connectivity index (χ3v) is 1.96. The quantitative estimate of drug-likeness (QED) is 0.441. The molecule has 0 radical (unpaired) electrons. The summed E-state index contributed by atoms with van der Waals surface area (Å²) >= 11 is 0. The van der Waals surface area contributed by atoms with Crippen molar-refractivity contribution >= 4 is 17.9 Å². The summed E-state index contributed by atoms with van der Waals surface area (Å²) in [5.74, 6) is -0.457. The normalized spacial score (nSPS) is 13.6. The van der Waals surface area contributed by atoms with Crippen LogP contribution in [-0.2, 0) is 9.53 Å². The van der Waals surface area contributed by atoms with Gasteiger partial charge >= 0.3 is 5.97 Å². The maximum absolute atomic E-state index is 11.4. The largest absolute Gasteiger partial charge is 0.464 e.